The van der Waals surface area contributed by atoms with E-state index < -0.39 is 0 Å². The lowest BCUT2D eigenvalue weighted by atomic mass is 9.93. The van der Waals surface area contributed by atoms with Crippen LogP contribution in [0.25, 0.3) is 0 Å². The minimum Gasteiger partial charge on any atom is -0.497 e. The van der Waals surface area contributed by atoms with Gasteiger partial charge in [0.2, 0.25) is 5.95 Å². The average molecular weight is 325 g/mol. The summed E-state index contributed by atoms with van der Waals surface area (Å²) in [5, 5.41) is 15.2. The first kappa shape index (κ1) is 14.6. The zero-order chi connectivity index (χ0) is 16.5. The molecule has 4 rings (SSSR count). The first-order valence-electron chi connectivity index (χ1n) is 7.68. The average Bonchev–Trinajstić information content (AvgIpc) is 3.09. The smallest absolute Gasteiger partial charge is 0.243 e. The van der Waals surface area contributed by atoms with Crippen LogP contribution in [-0.2, 0) is 0 Å². The molecule has 122 valence electrons. The lowest BCUT2D eigenvalue weighted by Gasteiger charge is -2.31. The maximum Gasteiger partial charge on any atom is 0.243 e. The molecule has 0 amide bonds. The van der Waals surface area contributed by atoms with Gasteiger partial charge in [0.25, 0.3) is 0 Å². The number of hydrogen-bond donors (Lipinski definition) is 1. The molecule has 2 heterocycles. The van der Waals surface area contributed by atoms with E-state index in [0.29, 0.717) is 12.4 Å². The van der Waals surface area contributed by atoms with Gasteiger partial charge in [-0.15, -0.1) is 0 Å². The van der Waals surface area contributed by atoms with E-state index in [1.807, 2.05) is 30.3 Å². The van der Waals surface area contributed by atoms with Crippen LogP contribution in [0.4, 0.5) is 10.3 Å². The monoisotopic (exact) mass is 325 g/mol. The van der Waals surface area contributed by atoms with E-state index in [2.05, 4.69) is 20.8 Å². The molecular formula is C17H16FN5O. The highest BCUT2D eigenvalue weighted by Crippen LogP contribution is 2.37. The predicted molar refractivity (Wildman–Crippen MR) is 86.3 cm³/mol. The fourth-order valence-corrected chi connectivity index (χ4v) is 3.11. The molecule has 6 nitrogen and oxygen atoms in total. The van der Waals surface area contributed by atoms with Gasteiger partial charge in [-0.25, -0.2) is 9.07 Å². The highest BCUT2D eigenvalue weighted by molar-refractivity contribution is 5.39. The zero-order valence-electron chi connectivity index (χ0n) is 13.1. The molecule has 2 atom stereocenters. The van der Waals surface area contributed by atoms with Gasteiger partial charge in [0.05, 0.1) is 19.2 Å². The van der Waals surface area contributed by atoms with Gasteiger partial charge >= 0.3 is 0 Å². The van der Waals surface area contributed by atoms with Crippen molar-refractivity contribution in [3.8, 4) is 5.75 Å². The summed E-state index contributed by atoms with van der Waals surface area (Å²) in [4.78, 5) is 0. The van der Waals surface area contributed by atoms with E-state index in [0.717, 1.165) is 16.9 Å². The number of halogens is 1. The number of tetrazole rings is 1. The van der Waals surface area contributed by atoms with E-state index in [-0.39, 0.29) is 17.9 Å². The summed E-state index contributed by atoms with van der Waals surface area (Å²) in [7, 11) is 1.64. The molecule has 0 radical (unpaired) electrons. The van der Waals surface area contributed by atoms with Crippen molar-refractivity contribution in [1.29, 1.82) is 0 Å². The van der Waals surface area contributed by atoms with E-state index >= 15 is 0 Å². The molecule has 7 heteroatoms. The van der Waals surface area contributed by atoms with Crippen LogP contribution in [0.1, 0.15) is 29.6 Å². The molecule has 0 unspecified atom stereocenters. The summed E-state index contributed by atoms with van der Waals surface area (Å²) in [6, 6.07) is 14.3. The van der Waals surface area contributed by atoms with E-state index in [1.54, 1.807) is 17.9 Å². The molecule has 0 saturated carbocycles. The molecule has 24 heavy (non-hydrogen) atoms. The Morgan fingerprint density at radius 1 is 1.17 bits per heavy atom. The van der Waals surface area contributed by atoms with Gasteiger partial charge in [-0.2, -0.15) is 0 Å². The van der Waals surface area contributed by atoms with Crippen LogP contribution in [0.2, 0.25) is 0 Å². The Balaban J connectivity index is 1.73. The number of methoxy groups -OCH3 is 1. The summed E-state index contributed by atoms with van der Waals surface area (Å²) in [5.74, 6) is 1.10. The first-order chi connectivity index (χ1) is 11.7. The van der Waals surface area contributed by atoms with Crippen molar-refractivity contribution in [2.24, 2.45) is 0 Å². The van der Waals surface area contributed by atoms with Gasteiger partial charge in [0.15, 0.2) is 0 Å². The summed E-state index contributed by atoms with van der Waals surface area (Å²) in [5.41, 5.74) is 1.92. The Kier molecular flexibility index (Phi) is 3.60. The number of ether oxygens (including phenoxy) is 1. The molecule has 2 aromatic carbocycles. The lowest BCUT2D eigenvalue weighted by molar-refractivity contribution is 0.408. The fourth-order valence-electron chi connectivity index (χ4n) is 3.11. The lowest BCUT2D eigenvalue weighted by Crippen LogP contribution is -2.28. The molecule has 1 aliphatic rings. The summed E-state index contributed by atoms with van der Waals surface area (Å²) >= 11 is 0. The first-order valence-corrected chi connectivity index (χ1v) is 7.68. The topological polar surface area (TPSA) is 64.9 Å². The van der Waals surface area contributed by atoms with Crippen LogP contribution >= 0.6 is 0 Å². The van der Waals surface area contributed by atoms with E-state index in [1.165, 1.54) is 12.1 Å². The number of nitrogens with zero attached hydrogens (tertiary/aromatic N) is 4. The highest BCUT2D eigenvalue weighted by Gasteiger charge is 2.30. The molecular weight excluding hydrogens is 309 g/mol. The van der Waals surface area contributed by atoms with E-state index in [4.69, 9.17) is 4.74 Å². The number of fused-ring (bicyclic) bond motifs is 1. The molecule has 1 N–H and O–H groups in total. The van der Waals surface area contributed by atoms with Crippen LogP contribution in [0, 0.1) is 5.82 Å². The molecule has 0 spiro atoms. The Bertz CT molecular complexity index is 865. The molecule has 0 bridgehead atoms. The normalized spacial score (nSPS) is 19.4. The van der Waals surface area contributed by atoms with Crippen LogP contribution in [-0.4, -0.2) is 27.3 Å². The van der Waals surface area contributed by atoms with Crippen molar-refractivity contribution in [1.82, 2.24) is 20.2 Å². The third-order valence-electron chi connectivity index (χ3n) is 4.28. The SMILES string of the molecule is COc1cccc([C@H]2C[C@H](c3cccc(F)c3)n3nnnc3N2)c1. The fraction of sp³-hybridized carbons (Fsp3) is 0.235. The van der Waals surface area contributed by atoms with Gasteiger partial charge in [-0.05, 0) is 52.2 Å². The maximum atomic E-state index is 13.6. The van der Waals surface area contributed by atoms with Crippen LogP contribution in [0.5, 0.6) is 5.75 Å². The second kappa shape index (κ2) is 5.92. The number of rotatable bonds is 3. The minimum absolute atomic E-state index is 0.00636. The predicted octanol–water partition coefficient (Wildman–Crippen LogP) is 2.97. The van der Waals surface area contributed by atoms with Crippen LogP contribution in [0.15, 0.2) is 48.5 Å². The Labute approximate surface area is 138 Å². The molecule has 0 saturated heterocycles. The zero-order valence-corrected chi connectivity index (χ0v) is 13.1. The van der Waals surface area contributed by atoms with Gasteiger partial charge in [0, 0.05) is 0 Å². The minimum atomic E-state index is -0.265. The molecule has 3 aromatic rings. The van der Waals surface area contributed by atoms with Gasteiger partial charge in [-0.3, -0.25) is 0 Å². The standard InChI is InChI=1S/C17H16FN5O/c1-24-14-7-3-4-11(9-14)15-10-16(12-5-2-6-13(18)8-12)23-17(19-15)20-21-22-23/h2-9,15-16H,10H2,1H3,(H,19,20,22)/t15-,16-/m1/s1. The van der Waals surface area contributed by atoms with Crippen molar-refractivity contribution in [3.05, 3.63) is 65.5 Å². The number of benzene rings is 2. The van der Waals surface area contributed by atoms with Crippen molar-refractivity contribution in [3.63, 3.8) is 0 Å². The summed E-state index contributed by atoms with van der Waals surface area (Å²) in [6.07, 6.45) is 0.703. The summed E-state index contributed by atoms with van der Waals surface area (Å²) < 4.78 is 20.7. The number of aromatic nitrogens is 4. The Hall–Kier alpha value is -2.96. The third kappa shape index (κ3) is 2.58. The van der Waals surface area contributed by atoms with Crippen molar-refractivity contribution in [2.45, 2.75) is 18.5 Å². The molecule has 0 fully saturated rings. The molecule has 0 aliphatic carbocycles. The quantitative estimate of drug-likeness (QED) is 0.802. The van der Waals surface area contributed by atoms with Crippen molar-refractivity contribution in [2.75, 3.05) is 12.4 Å². The van der Waals surface area contributed by atoms with Gasteiger partial charge in [-0.1, -0.05) is 29.4 Å². The highest BCUT2D eigenvalue weighted by atomic mass is 19.1. The largest absolute Gasteiger partial charge is 0.497 e. The Morgan fingerprint density at radius 3 is 2.83 bits per heavy atom. The van der Waals surface area contributed by atoms with Crippen molar-refractivity contribution >= 4 is 5.95 Å². The third-order valence-corrected chi connectivity index (χ3v) is 4.28. The number of hydrogen-bond acceptors (Lipinski definition) is 5. The van der Waals surface area contributed by atoms with Crippen molar-refractivity contribution < 1.29 is 9.13 Å². The van der Waals surface area contributed by atoms with Gasteiger partial charge < -0.3 is 10.1 Å². The van der Waals surface area contributed by atoms with E-state index in [9.17, 15) is 4.39 Å². The van der Waals surface area contributed by atoms with Crippen LogP contribution in [0.3, 0.4) is 0 Å². The molecule has 1 aromatic heterocycles. The number of anilines is 1. The number of nitrogens with one attached hydrogen (secondary N) is 1. The Morgan fingerprint density at radius 2 is 2.00 bits per heavy atom. The maximum absolute atomic E-state index is 13.6. The second-order valence-electron chi connectivity index (χ2n) is 5.73. The second-order valence-corrected chi connectivity index (χ2v) is 5.73. The van der Waals surface area contributed by atoms with Gasteiger partial charge in [0.1, 0.15) is 11.6 Å². The summed E-state index contributed by atoms with van der Waals surface area (Å²) in [6.45, 7) is 0. The van der Waals surface area contributed by atoms with Crippen LogP contribution < -0.4 is 10.1 Å². The molecule has 1 aliphatic heterocycles.